The van der Waals surface area contributed by atoms with Gasteiger partial charge in [0.15, 0.2) is 0 Å². The number of benzene rings is 1. The van der Waals surface area contributed by atoms with E-state index in [-0.39, 0.29) is 24.4 Å². The Labute approximate surface area is 159 Å². The highest BCUT2D eigenvalue weighted by Gasteiger charge is 2.55. The number of rotatable bonds is 3. The number of nitrogens with zero attached hydrogens (tertiary/aromatic N) is 1. The fraction of sp³-hybridized carbons (Fsp3) is 0.526. The Hall–Kier alpha value is -1.23. The first-order valence-electron chi connectivity index (χ1n) is 8.74. The Bertz CT molecular complexity index is 798. The van der Waals surface area contributed by atoms with Crippen LogP contribution in [-0.2, 0) is 16.0 Å². The van der Waals surface area contributed by atoms with Crippen molar-refractivity contribution in [3.05, 3.63) is 34.5 Å². The maximum Gasteiger partial charge on any atom is 0.314 e. The predicted octanol–water partition coefficient (Wildman–Crippen LogP) is 4.51. The molecule has 4 nitrogen and oxygen atoms in total. The van der Waals surface area contributed by atoms with Crippen LogP contribution in [0, 0.1) is 5.41 Å². The summed E-state index contributed by atoms with van der Waals surface area (Å²) >= 11 is 6.20. The lowest BCUT2D eigenvalue weighted by Crippen LogP contribution is -2.52. The number of carbonyl (C=O) groups excluding carboxylic acids is 1. The van der Waals surface area contributed by atoms with E-state index in [1.54, 1.807) is 0 Å². The Morgan fingerprint density at radius 1 is 1.44 bits per heavy atom. The molecule has 1 saturated carbocycles. The quantitative estimate of drug-likeness (QED) is 0.794. The van der Waals surface area contributed by atoms with Gasteiger partial charge in [-0.2, -0.15) is 0 Å². The third-order valence-corrected chi connectivity index (χ3v) is 6.02. The molecule has 2 aromatic rings. The molecule has 0 radical (unpaired) electrons. The van der Waals surface area contributed by atoms with E-state index in [1.165, 1.54) is 16.6 Å². The van der Waals surface area contributed by atoms with Crippen LogP contribution in [0.5, 0.6) is 0 Å². The molecule has 1 aromatic carbocycles. The van der Waals surface area contributed by atoms with Crippen LogP contribution < -0.4 is 0 Å². The molecule has 136 valence electrons. The zero-order valence-electron chi connectivity index (χ0n) is 14.6. The summed E-state index contributed by atoms with van der Waals surface area (Å²) in [5.74, 6) is -0.0439. The monoisotopic (exact) mass is 382 g/mol. The molecule has 0 bridgehead atoms. The van der Waals surface area contributed by atoms with Crippen LogP contribution in [0.3, 0.4) is 0 Å². The van der Waals surface area contributed by atoms with Crippen LogP contribution in [0.4, 0.5) is 0 Å². The van der Waals surface area contributed by atoms with Gasteiger partial charge in [0.25, 0.3) is 0 Å². The normalized spacial score (nSPS) is 22.0. The van der Waals surface area contributed by atoms with E-state index in [0.29, 0.717) is 6.61 Å². The van der Waals surface area contributed by atoms with Gasteiger partial charge >= 0.3 is 5.97 Å². The first-order chi connectivity index (χ1) is 11.6. The number of nitrogens with one attached hydrogen (secondary N) is 1. The summed E-state index contributed by atoms with van der Waals surface area (Å²) in [5, 5.41) is 1.94. The van der Waals surface area contributed by atoms with Gasteiger partial charge in [-0.15, -0.1) is 12.4 Å². The minimum absolute atomic E-state index is 0. The molecule has 1 aliphatic heterocycles. The second-order valence-corrected chi connectivity index (χ2v) is 7.51. The lowest BCUT2D eigenvalue weighted by molar-refractivity contribution is -0.168. The molecule has 1 fully saturated rings. The Balaban J connectivity index is 0.00000182. The number of likely N-dealkylation sites (N-methyl/N-ethyl adjacent to an activating group) is 1. The number of ether oxygens (including phenoxy) is 1. The fourth-order valence-corrected chi connectivity index (χ4v) is 4.67. The summed E-state index contributed by atoms with van der Waals surface area (Å²) in [6.07, 6.45) is 3.86. The predicted molar refractivity (Wildman–Crippen MR) is 103 cm³/mol. The fourth-order valence-electron chi connectivity index (χ4n) is 4.50. The third kappa shape index (κ3) is 2.75. The van der Waals surface area contributed by atoms with Crippen LogP contribution in [0.25, 0.3) is 10.9 Å². The number of hydrogen-bond donors (Lipinski definition) is 1. The molecule has 1 atom stereocenters. The summed E-state index contributed by atoms with van der Waals surface area (Å²) in [7, 11) is 2.12. The number of hydrogen-bond acceptors (Lipinski definition) is 3. The first kappa shape index (κ1) is 18.6. The largest absolute Gasteiger partial charge is 0.466 e. The lowest BCUT2D eigenvalue weighted by Gasteiger charge is -2.50. The zero-order chi connectivity index (χ0) is 16.9. The van der Waals surface area contributed by atoms with Crippen molar-refractivity contribution in [3.63, 3.8) is 0 Å². The van der Waals surface area contributed by atoms with Crippen LogP contribution in [-0.4, -0.2) is 36.1 Å². The van der Waals surface area contributed by atoms with E-state index in [2.05, 4.69) is 16.9 Å². The number of aromatic amines is 1. The van der Waals surface area contributed by atoms with Gasteiger partial charge in [0.05, 0.1) is 18.1 Å². The second-order valence-electron chi connectivity index (χ2n) is 7.07. The molecule has 0 amide bonds. The van der Waals surface area contributed by atoms with Crippen LogP contribution in [0.15, 0.2) is 18.2 Å². The van der Waals surface area contributed by atoms with E-state index < -0.39 is 5.41 Å². The Kier molecular flexibility index (Phi) is 5.06. The minimum atomic E-state index is -0.412. The second kappa shape index (κ2) is 6.82. The van der Waals surface area contributed by atoms with E-state index in [9.17, 15) is 4.79 Å². The van der Waals surface area contributed by atoms with Crippen LogP contribution in [0.2, 0.25) is 5.02 Å². The summed E-state index contributed by atoms with van der Waals surface area (Å²) in [5.41, 5.74) is 3.17. The SMILES string of the molecule is CCOC(=O)C1(C2c3[nH]c4ccc(Cl)cc4c3CCN2C)CCC1.Cl. The van der Waals surface area contributed by atoms with Gasteiger partial charge in [-0.05, 0) is 57.0 Å². The van der Waals surface area contributed by atoms with Crippen molar-refractivity contribution < 1.29 is 9.53 Å². The Morgan fingerprint density at radius 3 is 2.84 bits per heavy atom. The molecule has 2 aliphatic rings. The number of halogens is 2. The van der Waals surface area contributed by atoms with Crippen molar-refractivity contribution in [1.29, 1.82) is 0 Å². The zero-order valence-corrected chi connectivity index (χ0v) is 16.2. The first-order valence-corrected chi connectivity index (χ1v) is 9.12. The number of carbonyl (C=O) groups is 1. The molecule has 4 rings (SSSR count). The van der Waals surface area contributed by atoms with Gasteiger partial charge in [0.2, 0.25) is 0 Å². The molecule has 1 aromatic heterocycles. The molecule has 25 heavy (non-hydrogen) atoms. The maximum atomic E-state index is 12.8. The van der Waals surface area contributed by atoms with Crippen LogP contribution in [0.1, 0.15) is 43.5 Å². The van der Waals surface area contributed by atoms with Crippen molar-refractivity contribution in [2.75, 3.05) is 20.2 Å². The molecule has 1 aliphatic carbocycles. The van der Waals surface area contributed by atoms with Crippen molar-refractivity contribution in [3.8, 4) is 0 Å². The average molecular weight is 383 g/mol. The smallest absolute Gasteiger partial charge is 0.314 e. The van der Waals surface area contributed by atoms with E-state index in [1.807, 2.05) is 25.1 Å². The molecule has 0 saturated heterocycles. The third-order valence-electron chi connectivity index (χ3n) is 5.78. The van der Waals surface area contributed by atoms with Gasteiger partial charge in [-0.25, -0.2) is 0 Å². The van der Waals surface area contributed by atoms with E-state index in [4.69, 9.17) is 16.3 Å². The average Bonchev–Trinajstić information content (AvgIpc) is 2.86. The Morgan fingerprint density at radius 2 is 2.20 bits per heavy atom. The number of esters is 1. The summed E-state index contributed by atoms with van der Waals surface area (Å²) in [6, 6.07) is 6.03. The highest BCUT2D eigenvalue weighted by Crippen LogP contribution is 2.55. The topological polar surface area (TPSA) is 45.3 Å². The van der Waals surface area contributed by atoms with Gasteiger partial charge in [0, 0.05) is 28.2 Å². The number of H-pyrrole nitrogens is 1. The highest BCUT2D eigenvalue weighted by atomic mass is 35.5. The number of aromatic nitrogens is 1. The maximum absolute atomic E-state index is 12.8. The highest BCUT2D eigenvalue weighted by molar-refractivity contribution is 6.31. The van der Waals surface area contributed by atoms with E-state index >= 15 is 0 Å². The minimum Gasteiger partial charge on any atom is -0.466 e. The molecule has 1 unspecified atom stereocenters. The molecule has 6 heteroatoms. The van der Waals surface area contributed by atoms with Crippen LogP contribution >= 0.6 is 24.0 Å². The summed E-state index contributed by atoms with van der Waals surface area (Å²) in [6.45, 7) is 3.26. The standard InChI is InChI=1S/C19H23ClN2O2.ClH/c1-3-24-18(23)19(8-4-9-19)17-16-13(7-10-22(17)2)14-11-12(20)5-6-15(14)21-16;/h5-6,11,17,21H,3-4,7-10H2,1-2H3;1H. The van der Waals surface area contributed by atoms with E-state index in [0.717, 1.165) is 42.8 Å². The van der Waals surface area contributed by atoms with Crippen molar-refractivity contribution in [2.45, 2.75) is 38.6 Å². The molecule has 0 spiro atoms. The van der Waals surface area contributed by atoms with Crippen molar-refractivity contribution in [1.82, 2.24) is 9.88 Å². The van der Waals surface area contributed by atoms with Crippen molar-refractivity contribution >= 4 is 40.9 Å². The molecular formula is C19H24Cl2N2O2. The van der Waals surface area contributed by atoms with Gasteiger partial charge in [-0.1, -0.05) is 18.0 Å². The lowest BCUT2D eigenvalue weighted by atomic mass is 9.61. The molecule has 2 heterocycles. The summed E-state index contributed by atoms with van der Waals surface area (Å²) < 4.78 is 5.46. The van der Waals surface area contributed by atoms with Crippen molar-refractivity contribution in [2.24, 2.45) is 5.41 Å². The number of fused-ring (bicyclic) bond motifs is 3. The van der Waals surface area contributed by atoms with Gasteiger partial charge in [0.1, 0.15) is 0 Å². The van der Waals surface area contributed by atoms with Gasteiger partial charge < -0.3 is 9.72 Å². The van der Waals surface area contributed by atoms with Gasteiger partial charge in [-0.3, -0.25) is 9.69 Å². The molecule has 1 N–H and O–H groups in total. The molecular weight excluding hydrogens is 359 g/mol. The summed E-state index contributed by atoms with van der Waals surface area (Å²) in [4.78, 5) is 18.7.